The van der Waals surface area contributed by atoms with E-state index in [1.807, 2.05) is 13.0 Å². The third kappa shape index (κ3) is 0.993. The molecule has 60 valence electrons. The van der Waals surface area contributed by atoms with Gasteiger partial charge in [0.05, 0.1) is 12.4 Å². The average Bonchev–Trinajstić information content (AvgIpc) is 2.07. The van der Waals surface area contributed by atoms with E-state index in [2.05, 4.69) is 10.2 Å². The van der Waals surface area contributed by atoms with Crippen molar-refractivity contribution in [1.29, 1.82) is 0 Å². The van der Waals surface area contributed by atoms with Gasteiger partial charge in [0.2, 0.25) is 0 Å². The van der Waals surface area contributed by atoms with E-state index >= 15 is 0 Å². The number of aromatic hydroxyl groups is 1. The number of aryl methyl sites for hydroxylation is 1. The molecule has 2 aromatic rings. The molecule has 0 unspecified atom stereocenters. The fourth-order valence-electron chi connectivity index (χ4n) is 1.15. The Morgan fingerprint density at radius 2 is 1.67 bits per heavy atom. The van der Waals surface area contributed by atoms with Gasteiger partial charge >= 0.3 is 0 Å². The molecule has 0 bridgehead atoms. The summed E-state index contributed by atoms with van der Waals surface area (Å²) in [6.45, 7) is 1.86. The van der Waals surface area contributed by atoms with Crippen molar-refractivity contribution in [2.75, 3.05) is 0 Å². The molecule has 1 aromatic heterocycles. The molecule has 0 aliphatic rings. The van der Waals surface area contributed by atoms with Crippen LogP contribution >= 0.6 is 0 Å². The number of benzene rings is 1. The van der Waals surface area contributed by atoms with Gasteiger partial charge in [-0.05, 0) is 24.6 Å². The maximum absolute atomic E-state index is 9.37. The van der Waals surface area contributed by atoms with Gasteiger partial charge in [0.25, 0.3) is 0 Å². The Morgan fingerprint density at radius 1 is 1.08 bits per heavy atom. The summed E-state index contributed by atoms with van der Waals surface area (Å²) >= 11 is 0. The number of hydrogen-bond donors (Lipinski definition) is 1. The molecular formula is C9H8N2O. The lowest BCUT2D eigenvalue weighted by molar-refractivity contribution is 0.472. The van der Waals surface area contributed by atoms with Crippen molar-refractivity contribution >= 4 is 10.8 Å². The molecule has 3 nitrogen and oxygen atoms in total. The second-order valence-electron chi connectivity index (χ2n) is 2.76. The third-order valence-corrected chi connectivity index (χ3v) is 1.86. The third-order valence-electron chi connectivity index (χ3n) is 1.86. The van der Waals surface area contributed by atoms with Gasteiger partial charge < -0.3 is 5.11 Å². The molecule has 0 saturated heterocycles. The number of rotatable bonds is 0. The predicted octanol–water partition coefficient (Wildman–Crippen LogP) is 1.64. The molecule has 1 N–H and O–H groups in total. The van der Waals surface area contributed by atoms with E-state index in [-0.39, 0.29) is 0 Å². The van der Waals surface area contributed by atoms with Crippen LogP contribution in [-0.4, -0.2) is 15.3 Å². The van der Waals surface area contributed by atoms with Crippen molar-refractivity contribution in [2.45, 2.75) is 6.92 Å². The molecule has 1 heterocycles. The van der Waals surface area contributed by atoms with Gasteiger partial charge in [-0.25, -0.2) is 0 Å². The first-order chi connectivity index (χ1) is 5.77. The van der Waals surface area contributed by atoms with Gasteiger partial charge in [0, 0.05) is 10.8 Å². The summed E-state index contributed by atoms with van der Waals surface area (Å²) < 4.78 is 0. The van der Waals surface area contributed by atoms with Crippen molar-refractivity contribution in [3.05, 3.63) is 30.1 Å². The van der Waals surface area contributed by atoms with E-state index in [9.17, 15) is 5.11 Å². The fraction of sp³-hybridized carbons (Fsp3) is 0.111. The normalized spacial score (nSPS) is 10.4. The maximum Gasteiger partial charge on any atom is 0.119 e. The zero-order valence-electron chi connectivity index (χ0n) is 6.65. The van der Waals surface area contributed by atoms with Crippen LogP contribution in [0, 0.1) is 6.92 Å². The van der Waals surface area contributed by atoms with Crippen molar-refractivity contribution in [2.24, 2.45) is 0 Å². The molecule has 0 aliphatic heterocycles. The number of aromatic nitrogens is 2. The zero-order valence-corrected chi connectivity index (χ0v) is 6.65. The summed E-state index contributed by atoms with van der Waals surface area (Å²) in [5.74, 6) is 0.301. The van der Waals surface area contributed by atoms with Crippen LogP contribution in [0.4, 0.5) is 0 Å². The largest absolute Gasteiger partial charge is 0.508 e. The minimum atomic E-state index is 0.301. The smallest absolute Gasteiger partial charge is 0.119 e. The summed E-state index contributed by atoms with van der Waals surface area (Å²) in [5.41, 5.74) is 0.857. The molecule has 1 aromatic carbocycles. The fourth-order valence-corrected chi connectivity index (χ4v) is 1.15. The van der Waals surface area contributed by atoms with Crippen LogP contribution in [0.25, 0.3) is 10.8 Å². The lowest BCUT2D eigenvalue weighted by Crippen LogP contribution is -1.82. The van der Waals surface area contributed by atoms with Crippen molar-refractivity contribution < 1.29 is 5.11 Å². The highest BCUT2D eigenvalue weighted by molar-refractivity contribution is 5.83. The van der Waals surface area contributed by atoms with Gasteiger partial charge in [0.1, 0.15) is 5.75 Å². The van der Waals surface area contributed by atoms with Gasteiger partial charge in [-0.1, -0.05) is 0 Å². The molecule has 0 radical (unpaired) electrons. The van der Waals surface area contributed by atoms with Crippen molar-refractivity contribution in [1.82, 2.24) is 10.2 Å². The van der Waals surface area contributed by atoms with Crippen molar-refractivity contribution in [3.8, 4) is 5.75 Å². The first-order valence-corrected chi connectivity index (χ1v) is 3.67. The molecule has 0 spiro atoms. The lowest BCUT2D eigenvalue weighted by Gasteiger charge is -2.00. The van der Waals surface area contributed by atoms with E-state index < -0.39 is 0 Å². The van der Waals surface area contributed by atoms with Crippen LogP contribution in [-0.2, 0) is 0 Å². The monoisotopic (exact) mass is 160 g/mol. The number of phenols is 1. The molecular weight excluding hydrogens is 152 g/mol. The molecule has 0 atom stereocenters. The van der Waals surface area contributed by atoms with Crippen molar-refractivity contribution in [3.63, 3.8) is 0 Å². The lowest BCUT2D eigenvalue weighted by atomic mass is 10.1. The van der Waals surface area contributed by atoms with Crippen LogP contribution < -0.4 is 0 Å². The highest BCUT2D eigenvalue weighted by atomic mass is 16.3. The number of nitrogens with zero attached hydrogens (tertiary/aromatic N) is 2. The summed E-state index contributed by atoms with van der Waals surface area (Å²) in [6, 6.07) is 3.58. The number of hydrogen-bond acceptors (Lipinski definition) is 3. The predicted molar refractivity (Wildman–Crippen MR) is 45.9 cm³/mol. The molecule has 0 saturated carbocycles. The Hall–Kier alpha value is -1.64. The second kappa shape index (κ2) is 2.44. The zero-order chi connectivity index (χ0) is 8.55. The van der Waals surface area contributed by atoms with E-state index in [0.29, 0.717) is 5.75 Å². The van der Waals surface area contributed by atoms with Crippen LogP contribution in [0.1, 0.15) is 5.56 Å². The van der Waals surface area contributed by atoms with E-state index in [0.717, 1.165) is 16.3 Å². The average molecular weight is 160 g/mol. The van der Waals surface area contributed by atoms with Crippen LogP contribution in [0.3, 0.4) is 0 Å². The van der Waals surface area contributed by atoms with Gasteiger partial charge in [-0.15, -0.1) is 0 Å². The van der Waals surface area contributed by atoms with Gasteiger partial charge in [-0.3, -0.25) is 0 Å². The maximum atomic E-state index is 9.37. The van der Waals surface area contributed by atoms with Gasteiger partial charge in [0.15, 0.2) is 0 Å². The first kappa shape index (κ1) is 7.03. The molecule has 12 heavy (non-hydrogen) atoms. The number of fused-ring (bicyclic) bond motifs is 1. The topological polar surface area (TPSA) is 46.0 Å². The summed E-state index contributed by atoms with van der Waals surface area (Å²) in [7, 11) is 0. The van der Waals surface area contributed by atoms with Crippen LogP contribution in [0.2, 0.25) is 0 Å². The van der Waals surface area contributed by atoms with E-state index in [1.54, 1.807) is 18.5 Å². The summed E-state index contributed by atoms with van der Waals surface area (Å²) in [4.78, 5) is 0. The molecule has 3 heteroatoms. The van der Waals surface area contributed by atoms with Gasteiger partial charge in [-0.2, -0.15) is 10.2 Å². The Kier molecular flexibility index (Phi) is 1.43. The molecule has 2 rings (SSSR count). The van der Waals surface area contributed by atoms with E-state index in [1.165, 1.54) is 0 Å². The first-order valence-electron chi connectivity index (χ1n) is 3.67. The van der Waals surface area contributed by atoms with Crippen LogP contribution in [0.15, 0.2) is 24.5 Å². The Morgan fingerprint density at radius 3 is 2.33 bits per heavy atom. The SMILES string of the molecule is Cc1cc2cnncc2cc1O. The minimum absolute atomic E-state index is 0.301. The summed E-state index contributed by atoms with van der Waals surface area (Å²) in [5, 5.41) is 18.8. The Bertz CT molecular complexity index is 385. The quantitative estimate of drug-likeness (QED) is 0.637. The Labute approximate surface area is 69.7 Å². The second-order valence-corrected chi connectivity index (χ2v) is 2.76. The standard InChI is InChI=1S/C9H8N2O/c1-6-2-7-4-10-11-5-8(7)3-9(6)12/h2-5,12H,1H3. The van der Waals surface area contributed by atoms with Crippen LogP contribution in [0.5, 0.6) is 5.75 Å². The molecule has 0 aliphatic carbocycles. The summed E-state index contributed by atoms with van der Waals surface area (Å²) in [6.07, 6.45) is 3.32. The minimum Gasteiger partial charge on any atom is -0.508 e. The molecule has 0 fully saturated rings. The molecule has 0 amide bonds. The highest BCUT2D eigenvalue weighted by Crippen LogP contribution is 2.22. The highest BCUT2D eigenvalue weighted by Gasteiger charge is 1.98. The number of phenolic OH excluding ortho intramolecular Hbond substituents is 1. The van der Waals surface area contributed by atoms with E-state index in [4.69, 9.17) is 0 Å². The Balaban J connectivity index is 2.84.